The summed E-state index contributed by atoms with van der Waals surface area (Å²) in [4.78, 5) is 2.55. The van der Waals surface area contributed by atoms with Crippen LogP contribution in [0.15, 0.2) is 54.6 Å². The number of piperidine rings is 1. The van der Waals surface area contributed by atoms with Gasteiger partial charge in [-0.05, 0) is 44.4 Å². The molecule has 3 heteroatoms. The van der Waals surface area contributed by atoms with Crippen LogP contribution in [0.1, 0.15) is 42.9 Å². The number of ether oxygens (including phenoxy) is 1. The number of halogens is 1. The SMILES string of the molecule is CN1[C@@H]2CC[C@H]1CC(OC(c1ccccc1)c1ccccc1Cl)C2. The van der Waals surface area contributed by atoms with E-state index in [0.717, 1.165) is 23.4 Å². The van der Waals surface area contributed by atoms with Gasteiger partial charge in [-0.15, -0.1) is 0 Å². The van der Waals surface area contributed by atoms with E-state index in [0.29, 0.717) is 18.2 Å². The Bertz CT molecular complexity index is 675. The van der Waals surface area contributed by atoms with Gasteiger partial charge in [-0.1, -0.05) is 60.1 Å². The molecule has 2 aromatic rings. The molecule has 2 fully saturated rings. The first-order valence-corrected chi connectivity index (χ1v) is 9.27. The minimum absolute atomic E-state index is 0.0901. The van der Waals surface area contributed by atoms with Crippen LogP contribution in [0.2, 0.25) is 5.02 Å². The fourth-order valence-corrected chi connectivity index (χ4v) is 4.55. The number of hydrogen-bond acceptors (Lipinski definition) is 2. The molecule has 0 N–H and O–H groups in total. The van der Waals surface area contributed by atoms with Crippen molar-refractivity contribution in [1.82, 2.24) is 4.90 Å². The fraction of sp³-hybridized carbons (Fsp3) is 0.429. The zero-order chi connectivity index (χ0) is 16.5. The summed E-state index contributed by atoms with van der Waals surface area (Å²) in [6, 6.07) is 19.9. The van der Waals surface area contributed by atoms with Crippen LogP contribution < -0.4 is 0 Å². The van der Waals surface area contributed by atoms with Gasteiger partial charge in [-0.3, -0.25) is 0 Å². The van der Waals surface area contributed by atoms with Gasteiger partial charge in [0, 0.05) is 22.7 Å². The molecule has 4 rings (SSSR count). The van der Waals surface area contributed by atoms with Crippen LogP contribution in [-0.4, -0.2) is 30.1 Å². The predicted molar refractivity (Wildman–Crippen MR) is 98.4 cm³/mol. The average molecular weight is 342 g/mol. The van der Waals surface area contributed by atoms with Crippen molar-refractivity contribution in [3.05, 3.63) is 70.7 Å². The molecule has 0 aliphatic carbocycles. The van der Waals surface area contributed by atoms with E-state index in [1.807, 2.05) is 24.3 Å². The van der Waals surface area contributed by atoms with Gasteiger partial charge in [0.25, 0.3) is 0 Å². The molecule has 0 aromatic heterocycles. The van der Waals surface area contributed by atoms with Crippen molar-refractivity contribution in [3.63, 3.8) is 0 Å². The maximum Gasteiger partial charge on any atom is 0.109 e. The fourth-order valence-electron chi connectivity index (χ4n) is 4.31. The molecule has 2 unspecified atom stereocenters. The van der Waals surface area contributed by atoms with Gasteiger partial charge in [0.15, 0.2) is 0 Å². The first kappa shape index (κ1) is 16.1. The van der Waals surface area contributed by atoms with Crippen molar-refractivity contribution in [2.75, 3.05) is 7.05 Å². The van der Waals surface area contributed by atoms with Gasteiger partial charge in [0.05, 0.1) is 6.10 Å². The minimum atomic E-state index is -0.0901. The Labute approximate surface area is 149 Å². The van der Waals surface area contributed by atoms with Gasteiger partial charge in [0.1, 0.15) is 6.10 Å². The third-order valence-corrected chi connectivity index (χ3v) is 6.02. The molecule has 2 heterocycles. The summed E-state index contributed by atoms with van der Waals surface area (Å²) < 4.78 is 6.66. The molecule has 126 valence electrons. The Morgan fingerprint density at radius 3 is 2.25 bits per heavy atom. The summed E-state index contributed by atoms with van der Waals surface area (Å²) in [5, 5.41) is 0.780. The van der Waals surface area contributed by atoms with Gasteiger partial charge in [-0.2, -0.15) is 0 Å². The zero-order valence-corrected chi connectivity index (χ0v) is 14.8. The summed E-state index contributed by atoms with van der Waals surface area (Å²) in [5.41, 5.74) is 2.24. The van der Waals surface area contributed by atoms with Gasteiger partial charge < -0.3 is 9.64 Å². The third-order valence-electron chi connectivity index (χ3n) is 5.67. The van der Waals surface area contributed by atoms with E-state index in [4.69, 9.17) is 16.3 Å². The highest BCUT2D eigenvalue weighted by molar-refractivity contribution is 6.31. The topological polar surface area (TPSA) is 12.5 Å². The van der Waals surface area contributed by atoms with Crippen LogP contribution in [-0.2, 0) is 4.74 Å². The Balaban J connectivity index is 1.61. The van der Waals surface area contributed by atoms with E-state index in [1.54, 1.807) is 0 Å². The highest BCUT2D eigenvalue weighted by Crippen LogP contribution is 2.39. The molecule has 0 spiro atoms. The van der Waals surface area contributed by atoms with Crippen LogP contribution in [0, 0.1) is 0 Å². The third kappa shape index (κ3) is 3.11. The molecule has 0 radical (unpaired) electrons. The lowest BCUT2D eigenvalue weighted by Crippen LogP contribution is -2.43. The molecular formula is C21H24ClNO. The normalized spacial score (nSPS) is 28.0. The maximum absolute atomic E-state index is 6.66. The van der Waals surface area contributed by atoms with E-state index in [1.165, 1.54) is 18.4 Å². The Kier molecular flexibility index (Phi) is 4.62. The van der Waals surface area contributed by atoms with Crippen molar-refractivity contribution < 1.29 is 4.74 Å². The minimum Gasteiger partial charge on any atom is -0.365 e. The maximum atomic E-state index is 6.66. The Morgan fingerprint density at radius 2 is 1.58 bits per heavy atom. The lowest BCUT2D eigenvalue weighted by molar-refractivity contribution is -0.0426. The van der Waals surface area contributed by atoms with Gasteiger partial charge >= 0.3 is 0 Å². The van der Waals surface area contributed by atoms with E-state index in [-0.39, 0.29) is 6.10 Å². The predicted octanol–water partition coefficient (Wildman–Crippen LogP) is 5.07. The Morgan fingerprint density at radius 1 is 0.958 bits per heavy atom. The van der Waals surface area contributed by atoms with Gasteiger partial charge in [-0.25, -0.2) is 0 Å². The summed E-state index contributed by atoms with van der Waals surface area (Å²) in [5.74, 6) is 0. The first-order valence-electron chi connectivity index (χ1n) is 8.89. The standard InChI is InChI=1S/C21H24ClNO/c1-23-16-11-12-17(23)14-18(13-16)24-21(15-7-3-2-4-8-15)19-9-5-6-10-20(19)22/h2-10,16-18,21H,11-14H2,1H3/t16-,17+,18?,21?. The van der Waals surface area contributed by atoms with Crippen LogP contribution >= 0.6 is 11.6 Å². The van der Waals surface area contributed by atoms with E-state index in [2.05, 4.69) is 42.3 Å². The summed E-state index contributed by atoms with van der Waals surface area (Å²) >= 11 is 6.49. The van der Waals surface area contributed by atoms with Crippen LogP contribution in [0.5, 0.6) is 0 Å². The van der Waals surface area contributed by atoms with Crippen LogP contribution in [0.3, 0.4) is 0 Å². The molecule has 4 atom stereocenters. The average Bonchev–Trinajstić information content (AvgIpc) is 2.83. The molecule has 2 bridgehead atoms. The smallest absolute Gasteiger partial charge is 0.109 e. The lowest BCUT2D eigenvalue weighted by Gasteiger charge is -2.38. The summed E-state index contributed by atoms with van der Waals surface area (Å²) in [6.45, 7) is 0. The monoisotopic (exact) mass is 341 g/mol. The van der Waals surface area contributed by atoms with Crippen LogP contribution in [0.25, 0.3) is 0 Å². The number of hydrogen-bond donors (Lipinski definition) is 0. The number of benzene rings is 2. The molecule has 2 nitrogen and oxygen atoms in total. The zero-order valence-electron chi connectivity index (χ0n) is 14.1. The van der Waals surface area contributed by atoms with Gasteiger partial charge in [0.2, 0.25) is 0 Å². The molecule has 0 amide bonds. The summed E-state index contributed by atoms with van der Waals surface area (Å²) in [6.07, 6.45) is 5.08. The molecule has 2 saturated heterocycles. The second-order valence-corrected chi connectivity index (χ2v) is 7.50. The summed E-state index contributed by atoms with van der Waals surface area (Å²) in [7, 11) is 2.27. The van der Waals surface area contributed by atoms with E-state index >= 15 is 0 Å². The molecule has 2 aliphatic heterocycles. The number of rotatable bonds is 4. The molecule has 0 saturated carbocycles. The first-order chi connectivity index (χ1) is 11.7. The second kappa shape index (κ2) is 6.87. The highest BCUT2D eigenvalue weighted by atomic mass is 35.5. The molecular weight excluding hydrogens is 318 g/mol. The van der Waals surface area contributed by atoms with E-state index in [9.17, 15) is 0 Å². The highest BCUT2D eigenvalue weighted by Gasteiger charge is 2.39. The lowest BCUT2D eigenvalue weighted by atomic mass is 9.97. The number of nitrogens with zero attached hydrogens (tertiary/aromatic N) is 1. The van der Waals surface area contributed by atoms with Crippen molar-refractivity contribution in [3.8, 4) is 0 Å². The molecule has 24 heavy (non-hydrogen) atoms. The number of fused-ring (bicyclic) bond motifs is 2. The Hall–Kier alpha value is -1.35. The van der Waals surface area contributed by atoms with Crippen molar-refractivity contribution in [2.24, 2.45) is 0 Å². The van der Waals surface area contributed by atoms with Crippen molar-refractivity contribution in [1.29, 1.82) is 0 Å². The molecule has 2 aromatic carbocycles. The van der Waals surface area contributed by atoms with Crippen LogP contribution in [0.4, 0.5) is 0 Å². The molecule has 2 aliphatic rings. The van der Waals surface area contributed by atoms with Crippen molar-refractivity contribution in [2.45, 2.75) is 50.0 Å². The largest absolute Gasteiger partial charge is 0.365 e. The quantitative estimate of drug-likeness (QED) is 0.769. The second-order valence-electron chi connectivity index (χ2n) is 7.09. The van der Waals surface area contributed by atoms with Crippen molar-refractivity contribution >= 4 is 11.6 Å². The van der Waals surface area contributed by atoms with E-state index < -0.39 is 0 Å².